The van der Waals surface area contributed by atoms with Gasteiger partial charge in [-0.1, -0.05) is 6.07 Å². The lowest BCUT2D eigenvalue weighted by Crippen LogP contribution is -2.37. The predicted octanol–water partition coefficient (Wildman–Crippen LogP) is 4.17. The quantitative estimate of drug-likeness (QED) is 0.513. The minimum atomic E-state index is -4.36. The van der Waals surface area contributed by atoms with Crippen LogP contribution in [0.5, 0.6) is 5.75 Å². The first-order valence-corrected chi connectivity index (χ1v) is 8.59. The van der Waals surface area contributed by atoms with E-state index in [2.05, 4.69) is 4.90 Å². The normalized spacial score (nSPS) is 16.0. The average molecular weight is 396 g/mol. The van der Waals surface area contributed by atoms with Gasteiger partial charge in [-0.2, -0.15) is 13.2 Å². The largest absolute Gasteiger partial charge is 0.494 e. The number of halogens is 4. The lowest BCUT2D eigenvalue weighted by molar-refractivity contribution is -0.149. The first-order valence-electron chi connectivity index (χ1n) is 8.59. The van der Waals surface area contributed by atoms with Crippen molar-refractivity contribution in [3.8, 4) is 5.75 Å². The van der Waals surface area contributed by atoms with Crippen LogP contribution in [-0.2, 0) is 15.7 Å². The van der Waals surface area contributed by atoms with Crippen molar-refractivity contribution >= 4 is 18.4 Å². The van der Waals surface area contributed by atoms with E-state index in [9.17, 15) is 18.0 Å². The van der Waals surface area contributed by atoms with Gasteiger partial charge in [0.2, 0.25) is 0 Å². The highest BCUT2D eigenvalue weighted by atomic mass is 35.5. The summed E-state index contributed by atoms with van der Waals surface area (Å²) in [7, 11) is 0. The molecule has 1 aliphatic rings. The predicted molar refractivity (Wildman–Crippen MR) is 94.6 cm³/mol. The molecule has 0 spiro atoms. The molecule has 1 fully saturated rings. The summed E-state index contributed by atoms with van der Waals surface area (Å²) in [6.45, 7) is 5.02. The molecule has 0 radical (unpaired) electrons. The number of alkyl halides is 3. The number of carbonyl (C=O) groups excluding carboxylic acids is 1. The molecule has 0 amide bonds. The average Bonchev–Trinajstić information content (AvgIpc) is 2.59. The van der Waals surface area contributed by atoms with Crippen molar-refractivity contribution in [3.05, 3.63) is 29.8 Å². The third-order valence-electron chi connectivity index (χ3n) is 4.26. The molecule has 148 valence electrons. The van der Waals surface area contributed by atoms with Crippen molar-refractivity contribution in [2.45, 2.75) is 32.4 Å². The molecule has 2 rings (SSSR count). The molecule has 1 heterocycles. The number of ether oxygens (including phenoxy) is 2. The van der Waals surface area contributed by atoms with Crippen molar-refractivity contribution in [1.82, 2.24) is 4.90 Å². The highest BCUT2D eigenvalue weighted by molar-refractivity contribution is 5.85. The molecule has 26 heavy (non-hydrogen) atoms. The van der Waals surface area contributed by atoms with Crippen LogP contribution in [0.3, 0.4) is 0 Å². The number of likely N-dealkylation sites (tertiary alicyclic amines) is 1. The number of hydrogen-bond acceptors (Lipinski definition) is 4. The number of piperidine rings is 1. The summed E-state index contributed by atoms with van der Waals surface area (Å²) in [5.41, 5.74) is -0.703. The van der Waals surface area contributed by atoms with E-state index >= 15 is 0 Å². The molecule has 0 unspecified atom stereocenters. The van der Waals surface area contributed by atoms with Crippen LogP contribution in [0.2, 0.25) is 0 Å². The van der Waals surface area contributed by atoms with Gasteiger partial charge in [0.25, 0.3) is 0 Å². The summed E-state index contributed by atoms with van der Waals surface area (Å²) in [6, 6.07) is 4.92. The van der Waals surface area contributed by atoms with Crippen LogP contribution < -0.4 is 4.74 Å². The van der Waals surface area contributed by atoms with Crippen molar-refractivity contribution in [2.24, 2.45) is 5.92 Å². The van der Waals surface area contributed by atoms with Gasteiger partial charge in [-0.05, 0) is 57.5 Å². The number of rotatable bonds is 7. The molecule has 0 N–H and O–H groups in total. The fourth-order valence-electron chi connectivity index (χ4n) is 2.89. The number of nitrogens with zero attached hydrogens (tertiary/aromatic N) is 1. The van der Waals surface area contributed by atoms with E-state index in [-0.39, 0.29) is 30.0 Å². The third-order valence-corrected chi connectivity index (χ3v) is 4.26. The highest BCUT2D eigenvalue weighted by Gasteiger charge is 2.30. The van der Waals surface area contributed by atoms with Crippen LogP contribution in [0, 0.1) is 5.92 Å². The highest BCUT2D eigenvalue weighted by Crippen LogP contribution is 2.31. The van der Waals surface area contributed by atoms with Gasteiger partial charge in [-0.15, -0.1) is 12.4 Å². The maximum absolute atomic E-state index is 12.6. The number of benzene rings is 1. The zero-order chi connectivity index (χ0) is 18.3. The lowest BCUT2D eigenvalue weighted by atomic mass is 9.97. The van der Waals surface area contributed by atoms with Crippen molar-refractivity contribution in [2.75, 3.05) is 32.8 Å². The van der Waals surface area contributed by atoms with Gasteiger partial charge in [-0.25, -0.2) is 0 Å². The van der Waals surface area contributed by atoms with E-state index in [0.717, 1.165) is 51.0 Å². The molecule has 1 aromatic carbocycles. The van der Waals surface area contributed by atoms with Crippen molar-refractivity contribution < 1.29 is 27.4 Å². The Balaban J connectivity index is 0.00000338. The Kier molecular flexibility index (Phi) is 9.22. The van der Waals surface area contributed by atoms with Gasteiger partial charge >= 0.3 is 12.1 Å². The molecular weight excluding hydrogens is 371 g/mol. The van der Waals surface area contributed by atoms with Crippen LogP contribution >= 0.6 is 12.4 Å². The van der Waals surface area contributed by atoms with Crippen molar-refractivity contribution in [3.63, 3.8) is 0 Å². The molecule has 0 aliphatic carbocycles. The third kappa shape index (κ3) is 7.03. The Bertz CT molecular complexity index is 561. The van der Waals surface area contributed by atoms with Crippen molar-refractivity contribution in [1.29, 1.82) is 0 Å². The topological polar surface area (TPSA) is 38.8 Å². The van der Waals surface area contributed by atoms with E-state index in [4.69, 9.17) is 9.47 Å². The molecule has 1 saturated heterocycles. The Hall–Kier alpha value is -1.47. The van der Waals surface area contributed by atoms with E-state index in [1.54, 1.807) is 6.92 Å². The summed E-state index contributed by atoms with van der Waals surface area (Å²) >= 11 is 0. The Morgan fingerprint density at radius 1 is 1.27 bits per heavy atom. The fourth-order valence-corrected chi connectivity index (χ4v) is 2.89. The van der Waals surface area contributed by atoms with Gasteiger partial charge < -0.3 is 14.4 Å². The molecule has 0 aromatic heterocycles. The standard InChI is InChI=1S/C18H24F3NO3.ClH/c1-2-24-17(23)14-7-10-22(11-8-14)9-4-12-25-16-6-3-5-15(13-16)18(19,20)21;/h3,5-6,13-14H,2,4,7-12H2,1H3;1H. The summed E-state index contributed by atoms with van der Waals surface area (Å²) in [6.07, 6.45) is -2.07. The van der Waals surface area contributed by atoms with Crippen LogP contribution in [0.15, 0.2) is 24.3 Å². The maximum Gasteiger partial charge on any atom is 0.416 e. The molecule has 8 heteroatoms. The van der Waals surface area contributed by atoms with E-state index in [1.165, 1.54) is 12.1 Å². The monoisotopic (exact) mass is 395 g/mol. The second-order valence-electron chi connectivity index (χ2n) is 6.10. The van der Waals surface area contributed by atoms with Crippen LogP contribution in [0.1, 0.15) is 31.7 Å². The molecule has 0 atom stereocenters. The Morgan fingerprint density at radius 3 is 2.58 bits per heavy atom. The Labute approximate surface area is 158 Å². The first-order chi connectivity index (χ1) is 11.9. The first kappa shape index (κ1) is 22.6. The molecule has 4 nitrogen and oxygen atoms in total. The summed E-state index contributed by atoms with van der Waals surface area (Å²) < 4.78 is 48.4. The molecule has 0 saturated carbocycles. The summed E-state index contributed by atoms with van der Waals surface area (Å²) in [5, 5.41) is 0. The second-order valence-corrected chi connectivity index (χ2v) is 6.10. The summed E-state index contributed by atoms with van der Waals surface area (Å²) in [4.78, 5) is 13.9. The molecule has 1 aliphatic heterocycles. The fraction of sp³-hybridized carbons (Fsp3) is 0.611. The van der Waals surface area contributed by atoms with Crippen LogP contribution in [-0.4, -0.2) is 43.7 Å². The second kappa shape index (κ2) is 10.6. The van der Waals surface area contributed by atoms with Gasteiger partial charge in [0.05, 0.1) is 24.7 Å². The minimum Gasteiger partial charge on any atom is -0.494 e. The number of esters is 1. The zero-order valence-electron chi connectivity index (χ0n) is 14.8. The Morgan fingerprint density at radius 2 is 1.96 bits per heavy atom. The van der Waals surface area contributed by atoms with Gasteiger partial charge in [0.15, 0.2) is 0 Å². The van der Waals surface area contributed by atoms with Crippen LogP contribution in [0.25, 0.3) is 0 Å². The van der Waals surface area contributed by atoms with Crippen LogP contribution in [0.4, 0.5) is 13.2 Å². The lowest BCUT2D eigenvalue weighted by Gasteiger charge is -2.30. The molecule has 1 aromatic rings. The minimum absolute atomic E-state index is 0. The van der Waals surface area contributed by atoms with E-state index in [0.29, 0.717) is 13.2 Å². The van der Waals surface area contributed by atoms with E-state index < -0.39 is 11.7 Å². The van der Waals surface area contributed by atoms with Gasteiger partial charge in [0.1, 0.15) is 5.75 Å². The smallest absolute Gasteiger partial charge is 0.416 e. The van der Waals surface area contributed by atoms with Gasteiger partial charge in [0, 0.05) is 6.54 Å². The zero-order valence-corrected chi connectivity index (χ0v) is 15.6. The van der Waals surface area contributed by atoms with Gasteiger partial charge in [-0.3, -0.25) is 4.79 Å². The van der Waals surface area contributed by atoms with E-state index in [1.807, 2.05) is 0 Å². The molecule has 0 bridgehead atoms. The number of carbonyl (C=O) groups is 1. The number of hydrogen-bond donors (Lipinski definition) is 0. The summed E-state index contributed by atoms with van der Waals surface area (Å²) in [5.74, 6) is 0.100. The SMILES string of the molecule is CCOC(=O)C1CCN(CCCOc2cccc(C(F)(F)F)c2)CC1.Cl. The maximum atomic E-state index is 12.6. The molecular formula is C18H25ClF3NO3.